The molecule has 1 aromatic carbocycles. The molecule has 0 aromatic heterocycles. The Morgan fingerprint density at radius 3 is 2.09 bits per heavy atom. The van der Waals surface area contributed by atoms with Crippen molar-refractivity contribution in [3.63, 3.8) is 0 Å². The molecule has 0 spiro atoms. The Balaban J connectivity index is 0. The van der Waals surface area contributed by atoms with E-state index in [1.54, 1.807) is 32.9 Å². The number of hydrogen-bond donors (Lipinski definition) is 1. The first-order valence-electron chi connectivity index (χ1n) is 7.52. The molecule has 0 saturated heterocycles. The third-order valence-corrected chi connectivity index (χ3v) is 1.95. The number of rotatable bonds is 3. The van der Waals surface area contributed by atoms with Crippen molar-refractivity contribution < 1.29 is 19.4 Å². The molecule has 0 fully saturated rings. The predicted octanol–water partition coefficient (Wildman–Crippen LogP) is 4.79. The molecular weight excluding hydrogens is 280 g/mol. The zero-order valence-corrected chi connectivity index (χ0v) is 14.6. The van der Waals surface area contributed by atoms with Crippen LogP contribution in [0.25, 0.3) is 6.08 Å². The SMILES string of the molecule is CC.CC.CC(C)(C)OC(=O)/C=C/c1cccc(C(=O)O)c1. The monoisotopic (exact) mass is 308 g/mol. The number of ether oxygens (including phenoxy) is 1. The molecule has 0 saturated carbocycles. The molecule has 0 bridgehead atoms. The first kappa shape index (κ1) is 22.2. The maximum Gasteiger partial charge on any atom is 0.335 e. The number of hydrogen-bond acceptors (Lipinski definition) is 3. The molecule has 0 radical (unpaired) electrons. The van der Waals surface area contributed by atoms with Crippen molar-refractivity contribution in [3.05, 3.63) is 41.5 Å². The highest BCUT2D eigenvalue weighted by Gasteiger charge is 2.13. The predicted molar refractivity (Wildman–Crippen MR) is 91.0 cm³/mol. The summed E-state index contributed by atoms with van der Waals surface area (Å²) in [4.78, 5) is 22.2. The first-order chi connectivity index (χ1) is 10.3. The zero-order chi connectivity index (χ0) is 17.8. The van der Waals surface area contributed by atoms with Gasteiger partial charge in [-0.15, -0.1) is 0 Å². The third-order valence-electron chi connectivity index (χ3n) is 1.95. The molecule has 1 aromatic rings. The van der Waals surface area contributed by atoms with Crippen LogP contribution in [0.3, 0.4) is 0 Å². The number of esters is 1. The van der Waals surface area contributed by atoms with E-state index >= 15 is 0 Å². The van der Waals surface area contributed by atoms with Gasteiger partial charge in [-0.1, -0.05) is 39.8 Å². The van der Waals surface area contributed by atoms with Gasteiger partial charge in [0, 0.05) is 6.08 Å². The average molecular weight is 308 g/mol. The minimum Gasteiger partial charge on any atom is -0.478 e. The Kier molecular flexibility index (Phi) is 11.6. The number of benzene rings is 1. The quantitative estimate of drug-likeness (QED) is 0.644. The van der Waals surface area contributed by atoms with Gasteiger partial charge in [0.25, 0.3) is 0 Å². The number of aromatic carboxylic acids is 1. The molecule has 0 aliphatic carbocycles. The summed E-state index contributed by atoms with van der Waals surface area (Å²) in [6, 6.07) is 6.32. The van der Waals surface area contributed by atoms with E-state index in [4.69, 9.17) is 9.84 Å². The van der Waals surface area contributed by atoms with Gasteiger partial charge in [0.2, 0.25) is 0 Å². The third kappa shape index (κ3) is 10.7. The molecule has 0 aliphatic heterocycles. The zero-order valence-electron chi connectivity index (χ0n) is 14.6. The van der Waals surface area contributed by atoms with Crippen LogP contribution in [0.5, 0.6) is 0 Å². The smallest absolute Gasteiger partial charge is 0.335 e. The van der Waals surface area contributed by atoms with Crippen LogP contribution in [0.4, 0.5) is 0 Å². The van der Waals surface area contributed by atoms with Gasteiger partial charge in [0.1, 0.15) is 5.60 Å². The van der Waals surface area contributed by atoms with Gasteiger partial charge < -0.3 is 9.84 Å². The van der Waals surface area contributed by atoms with Gasteiger partial charge in [-0.2, -0.15) is 0 Å². The molecule has 0 amide bonds. The second kappa shape index (κ2) is 11.5. The summed E-state index contributed by atoms with van der Waals surface area (Å²) in [5, 5.41) is 8.82. The molecule has 0 aliphatic rings. The van der Waals surface area contributed by atoms with Crippen LogP contribution in [0.2, 0.25) is 0 Å². The molecule has 0 heterocycles. The van der Waals surface area contributed by atoms with Crippen molar-refractivity contribution in [2.45, 2.75) is 54.1 Å². The van der Waals surface area contributed by atoms with Crippen molar-refractivity contribution in [2.75, 3.05) is 0 Å². The minimum atomic E-state index is -0.998. The average Bonchev–Trinajstić information content (AvgIpc) is 2.48. The van der Waals surface area contributed by atoms with E-state index in [-0.39, 0.29) is 5.56 Å². The highest BCUT2D eigenvalue weighted by molar-refractivity contribution is 5.90. The van der Waals surface area contributed by atoms with E-state index < -0.39 is 17.5 Å². The van der Waals surface area contributed by atoms with E-state index in [2.05, 4.69) is 0 Å². The molecule has 4 nitrogen and oxygen atoms in total. The number of carbonyl (C=O) groups excluding carboxylic acids is 1. The highest BCUT2D eigenvalue weighted by Crippen LogP contribution is 2.10. The van der Waals surface area contributed by atoms with E-state index in [1.807, 2.05) is 27.7 Å². The van der Waals surface area contributed by atoms with Crippen LogP contribution >= 0.6 is 0 Å². The van der Waals surface area contributed by atoms with Gasteiger partial charge in [-0.25, -0.2) is 9.59 Å². The van der Waals surface area contributed by atoms with Crippen molar-refractivity contribution >= 4 is 18.0 Å². The first-order valence-corrected chi connectivity index (χ1v) is 7.52. The van der Waals surface area contributed by atoms with Crippen LogP contribution in [0.1, 0.15) is 64.4 Å². The summed E-state index contributed by atoms with van der Waals surface area (Å²) in [5.74, 6) is -1.45. The molecule has 4 heteroatoms. The van der Waals surface area contributed by atoms with Crippen molar-refractivity contribution in [3.8, 4) is 0 Å². The molecule has 22 heavy (non-hydrogen) atoms. The van der Waals surface area contributed by atoms with Crippen LogP contribution in [-0.2, 0) is 9.53 Å². The maximum absolute atomic E-state index is 11.4. The number of carboxylic acid groups (broad SMARTS) is 1. The molecule has 1 N–H and O–H groups in total. The second-order valence-electron chi connectivity index (χ2n) is 4.80. The summed E-state index contributed by atoms with van der Waals surface area (Å²) in [6.45, 7) is 13.3. The van der Waals surface area contributed by atoms with Crippen molar-refractivity contribution in [1.82, 2.24) is 0 Å². The summed E-state index contributed by atoms with van der Waals surface area (Å²) >= 11 is 0. The van der Waals surface area contributed by atoms with E-state index in [9.17, 15) is 9.59 Å². The molecule has 1 rings (SSSR count). The van der Waals surface area contributed by atoms with Crippen molar-refractivity contribution in [2.24, 2.45) is 0 Å². The lowest BCUT2D eigenvalue weighted by Gasteiger charge is -2.17. The number of carboxylic acids is 1. The molecule has 0 unspecified atom stereocenters. The Bertz CT molecular complexity index is 482. The minimum absolute atomic E-state index is 0.182. The summed E-state index contributed by atoms with van der Waals surface area (Å²) in [6.07, 6.45) is 2.81. The fraction of sp³-hybridized carbons (Fsp3) is 0.444. The van der Waals surface area contributed by atoms with E-state index in [0.717, 1.165) is 0 Å². The maximum atomic E-state index is 11.4. The molecule has 124 valence electrons. The number of carbonyl (C=O) groups is 2. The van der Waals surface area contributed by atoms with Gasteiger partial charge in [-0.3, -0.25) is 0 Å². The van der Waals surface area contributed by atoms with Gasteiger partial charge >= 0.3 is 11.9 Å². The fourth-order valence-corrected chi connectivity index (χ4v) is 1.28. The largest absolute Gasteiger partial charge is 0.478 e. The van der Waals surface area contributed by atoms with Crippen LogP contribution < -0.4 is 0 Å². The summed E-state index contributed by atoms with van der Waals surface area (Å²) < 4.78 is 5.10. The van der Waals surface area contributed by atoms with E-state index in [0.29, 0.717) is 5.56 Å². The molecule has 0 atom stereocenters. The Morgan fingerprint density at radius 2 is 1.64 bits per heavy atom. The van der Waals surface area contributed by atoms with Crippen molar-refractivity contribution in [1.29, 1.82) is 0 Å². The highest BCUT2D eigenvalue weighted by atomic mass is 16.6. The lowest BCUT2D eigenvalue weighted by atomic mass is 10.1. The van der Waals surface area contributed by atoms with Gasteiger partial charge in [0.15, 0.2) is 0 Å². The lowest BCUT2D eigenvalue weighted by molar-refractivity contribution is -0.148. The molecular formula is C18H28O4. The Labute approximate surface area is 133 Å². The van der Waals surface area contributed by atoms with Crippen LogP contribution in [0, 0.1) is 0 Å². The van der Waals surface area contributed by atoms with Crippen LogP contribution in [-0.4, -0.2) is 22.6 Å². The standard InChI is InChI=1S/C14H16O4.2C2H6/c1-14(2,3)18-12(15)8-7-10-5-4-6-11(9-10)13(16)17;2*1-2/h4-9H,1-3H3,(H,16,17);2*1-2H3/b8-7+;;. The van der Waals surface area contributed by atoms with Crippen LogP contribution in [0.15, 0.2) is 30.3 Å². The Morgan fingerprint density at radius 1 is 1.09 bits per heavy atom. The van der Waals surface area contributed by atoms with Gasteiger partial charge in [0.05, 0.1) is 5.56 Å². The summed E-state index contributed by atoms with van der Waals surface area (Å²) in [5.41, 5.74) is 0.284. The van der Waals surface area contributed by atoms with Gasteiger partial charge in [-0.05, 0) is 44.5 Å². The fourth-order valence-electron chi connectivity index (χ4n) is 1.28. The Hall–Kier alpha value is -2.10. The lowest BCUT2D eigenvalue weighted by Crippen LogP contribution is -2.22. The summed E-state index contributed by atoms with van der Waals surface area (Å²) in [7, 11) is 0. The normalized spacial score (nSPS) is 9.95. The topological polar surface area (TPSA) is 63.6 Å². The second-order valence-corrected chi connectivity index (χ2v) is 4.80. The van der Waals surface area contributed by atoms with E-state index in [1.165, 1.54) is 24.3 Å².